The number of halogens is 1. The maximum atomic E-state index is 12.3. The van der Waals surface area contributed by atoms with Gasteiger partial charge in [-0.2, -0.15) is 0 Å². The van der Waals surface area contributed by atoms with E-state index in [1.165, 1.54) is 0 Å². The van der Waals surface area contributed by atoms with E-state index in [2.05, 4.69) is 15.2 Å². The standard InChI is InChI=1S/C20H40N6O2.HI/c1-7-21-20(24(6)16-18(27)25(8-2)9-3)22-13-11-15-26-14-10-12-17(26)19(28)23(4)5;/h17H,7-16H2,1-6H3,(H,21,22);1H. The Morgan fingerprint density at radius 2 is 1.79 bits per heavy atom. The molecule has 1 rings (SSSR count). The maximum Gasteiger partial charge on any atom is 0.242 e. The Kier molecular flexibility index (Phi) is 14.3. The number of hydrogen-bond donors (Lipinski definition) is 1. The summed E-state index contributed by atoms with van der Waals surface area (Å²) in [7, 11) is 5.54. The van der Waals surface area contributed by atoms with Crippen molar-refractivity contribution in [3.05, 3.63) is 0 Å². The molecule has 29 heavy (non-hydrogen) atoms. The van der Waals surface area contributed by atoms with Gasteiger partial charge in [-0.15, -0.1) is 24.0 Å². The molecule has 2 amide bonds. The van der Waals surface area contributed by atoms with Crippen LogP contribution in [0.15, 0.2) is 4.99 Å². The number of nitrogens with zero attached hydrogens (tertiary/aromatic N) is 5. The molecule has 0 radical (unpaired) electrons. The van der Waals surface area contributed by atoms with Crippen LogP contribution in [-0.4, -0.2) is 110 Å². The van der Waals surface area contributed by atoms with Gasteiger partial charge in [-0.25, -0.2) is 0 Å². The minimum absolute atomic E-state index is 0. The summed E-state index contributed by atoms with van der Waals surface area (Å²) in [6, 6.07) is 0.0154. The predicted octanol–water partition coefficient (Wildman–Crippen LogP) is 1.31. The van der Waals surface area contributed by atoms with Gasteiger partial charge in [0.1, 0.15) is 0 Å². The summed E-state index contributed by atoms with van der Waals surface area (Å²) in [4.78, 5) is 37.0. The lowest BCUT2D eigenvalue weighted by Crippen LogP contribution is -2.45. The smallest absolute Gasteiger partial charge is 0.242 e. The molecule has 0 aromatic rings. The quantitative estimate of drug-likeness (QED) is 0.202. The Bertz CT molecular complexity index is 525. The number of carbonyl (C=O) groups excluding carboxylic acids is 2. The van der Waals surface area contributed by atoms with Crippen LogP contribution in [0.3, 0.4) is 0 Å². The van der Waals surface area contributed by atoms with Crippen LogP contribution in [0.5, 0.6) is 0 Å². The molecule has 1 aliphatic rings. The van der Waals surface area contributed by atoms with Crippen molar-refractivity contribution in [2.24, 2.45) is 4.99 Å². The molecule has 1 atom stereocenters. The lowest BCUT2D eigenvalue weighted by molar-refractivity contribution is -0.133. The monoisotopic (exact) mass is 524 g/mol. The highest BCUT2D eigenvalue weighted by Gasteiger charge is 2.30. The first-order valence-corrected chi connectivity index (χ1v) is 10.6. The highest BCUT2D eigenvalue weighted by atomic mass is 127. The molecule has 1 N–H and O–H groups in total. The number of nitrogens with one attached hydrogen (secondary N) is 1. The third-order valence-electron chi connectivity index (χ3n) is 5.14. The molecule has 0 aromatic heterocycles. The summed E-state index contributed by atoms with van der Waals surface area (Å²) in [5.74, 6) is 1.06. The van der Waals surface area contributed by atoms with Gasteiger partial charge >= 0.3 is 0 Å². The summed E-state index contributed by atoms with van der Waals surface area (Å²) >= 11 is 0. The lowest BCUT2D eigenvalue weighted by Gasteiger charge is -2.26. The molecule has 1 fully saturated rings. The molecule has 1 heterocycles. The minimum atomic E-state index is 0. The van der Waals surface area contributed by atoms with Gasteiger partial charge < -0.3 is 20.0 Å². The second-order valence-corrected chi connectivity index (χ2v) is 7.44. The molecule has 0 saturated carbocycles. The first-order valence-electron chi connectivity index (χ1n) is 10.6. The van der Waals surface area contributed by atoms with E-state index in [-0.39, 0.29) is 41.8 Å². The van der Waals surface area contributed by atoms with E-state index in [0.717, 1.165) is 57.9 Å². The topological polar surface area (TPSA) is 71.5 Å². The van der Waals surface area contributed by atoms with E-state index in [1.807, 2.05) is 51.7 Å². The summed E-state index contributed by atoms with van der Waals surface area (Å²) in [6.07, 6.45) is 2.91. The molecule has 0 spiro atoms. The Morgan fingerprint density at radius 3 is 2.34 bits per heavy atom. The molecule has 8 nitrogen and oxygen atoms in total. The van der Waals surface area contributed by atoms with Crippen molar-refractivity contribution in [3.63, 3.8) is 0 Å². The normalized spacial score (nSPS) is 16.9. The van der Waals surface area contributed by atoms with Crippen LogP contribution in [0.2, 0.25) is 0 Å². The van der Waals surface area contributed by atoms with Crippen LogP contribution < -0.4 is 5.32 Å². The molecule has 0 aliphatic carbocycles. The number of aliphatic imine (C=N–C) groups is 1. The molecule has 1 aliphatic heterocycles. The Labute approximate surface area is 194 Å². The van der Waals surface area contributed by atoms with Crippen molar-refractivity contribution in [1.29, 1.82) is 0 Å². The summed E-state index contributed by atoms with van der Waals surface area (Å²) in [6.45, 7) is 11.1. The van der Waals surface area contributed by atoms with Gasteiger partial charge in [-0.05, 0) is 46.6 Å². The first-order chi connectivity index (χ1) is 13.3. The average Bonchev–Trinajstić information content (AvgIpc) is 3.12. The lowest BCUT2D eigenvalue weighted by atomic mass is 10.2. The largest absolute Gasteiger partial charge is 0.357 e. The zero-order chi connectivity index (χ0) is 21.1. The number of likely N-dealkylation sites (tertiary alicyclic amines) is 1. The molecule has 0 aromatic carbocycles. The number of carbonyl (C=O) groups is 2. The summed E-state index contributed by atoms with van der Waals surface area (Å²) < 4.78 is 0. The third-order valence-corrected chi connectivity index (χ3v) is 5.14. The maximum absolute atomic E-state index is 12.3. The first kappa shape index (κ1) is 27.9. The zero-order valence-corrected chi connectivity index (χ0v) is 21.4. The van der Waals surface area contributed by atoms with Crippen LogP contribution in [0.4, 0.5) is 0 Å². The number of likely N-dealkylation sites (N-methyl/N-ethyl adjacent to an activating group) is 3. The molecule has 1 saturated heterocycles. The van der Waals surface area contributed by atoms with Gasteiger partial charge in [0.05, 0.1) is 12.6 Å². The average molecular weight is 524 g/mol. The van der Waals surface area contributed by atoms with Crippen molar-refractivity contribution < 1.29 is 9.59 Å². The van der Waals surface area contributed by atoms with E-state index in [9.17, 15) is 9.59 Å². The summed E-state index contributed by atoms with van der Waals surface area (Å²) in [5, 5.41) is 3.26. The fraction of sp³-hybridized carbons (Fsp3) is 0.850. The van der Waals surface area contributed by atoms with Gasteiger partial charge in [-0.1, -0.05) is 0 Å². The van der Waals surface area contributed by atoms with Crippen LogP contribution in [0.1, 0.15) is 40.0 Å². The number of hydrogen-bond acceptors (Lipinski definition) is 4. The van der Waals surface area contributed by atoms with E-state index < -0.39 is 0 Å². The highest BCUT2D eigenvalue weighted by molar-refractivity contribution is 14.0. The van der Waals surface area contributed by atoms with Gasteiger partial charge in [0.15, 0.2) is 5.96 Å². The van der Waals surface area contributed by atoms with E-state index >= 15 is 0 Å². The van der Waals surface area contributed by atoms with Crippen molar-refractivity contribution in [2.75, 3.05) is 67.0 Å². The van der Waals surface area contributed by atoms with Gasteiger partial charge in [0, 0.05) is 53.9 Å². The fourth-order valence-electron chi connectivity index (χ4n) is 3.55. The second kappa shape index (κ2) is 14.8. The van der Waals surface area contributed by atoms with Crippen molar-refractivity contribution in [3.8, 4) is 0 Å². The molecular weight excluding hydrogens is 483 g/mol. The number of guanidine groups is 1. The van der Waals surface area contributed by atoms with Crippen molar-refractivity contribution in [2.45, 2.75) is 46.1 Å². The number of rotatable bonds is 10. The van der Waals surface area contributed by atoms with Crippen LogP contribution in [0, 0.1) is 0 Å². The highest BCUT2D eigenvalue weighted by Crippen LogP contribution is 2.18. The van der Waals surface area contributed by atoms with Gasteiger partial charge in [0.25, 0.3) is 0 Å². The molecule has 1 unspecified atom stereocenters. The summed E-state index contributed by atoms with van der Waals surface area (Å²) in [5.41, 5.74) is 0. The molecular formula is C20H41IN6O2. The zero-order valence-electron chi connectivity index (χ0n) is 19.1. The van der Waals surface area contributed by atoms with Crippen LogP contribution >= 0.6 is 24.0 Å². The SMILES string of the molecule is CCNC(=NCCCN1CCCC1C(=O)N(C)C)N(C)CC(=O)N(CC)CC.I. The Balaban J connectivity index is 0.00000784. The van der Waals surface area contributed by atoms with E-state index in [0.29, 0.717) is 13.1 Å². The minimum Gasteiger partial charge on any atom is -0.357 e. The second-order valence-electron chi connectivity index (χ2n) is 7.44. The van der Waals surface area contributed by atoms with E-state index in [1.54, 1.807) is 4.90 Å². The van der Waals surface area contributed by atoms with Crippen LogP contribution in [0.25, 0.3) is 0 Å². The Hall–Kier alpha value is -1.10. The molecule has 170 valence electrons. The van der Waals surface area contributed by atoms with E-state index in [4.69, 9.17) is 0 Å². The third kappa shape index (κ3) is 9.06. The van der Waals surface area contributed by atoms with Crippen molar-refractivity contribution >= 4 is 41.8 Å². The van der Waals surface area contributed by atoms with Crippen molar-refractivity contribution in [1.82, 2.24) is 24.9 Å². The van der Waals surface area contributed by atoms with Crippen LogP contribution in [-0.2, 0) is 9.59 Å². The van der Waals surface area contributed by atoms with Gasteiger partial charge in [0.2, 0.25) is 11.8 Å². The molecule has 9 heteroatoms. The van der Waals surface area contributed by atoms with Gasteiger partial charge in [-0.3, -0.25) is 19.5 Å². The fourth-order valence-corrected chi connectivity index (χ4v) is 3.55. The number of amides is 2. The molecule has 0 bridgehead atoms. The Morgan fingerprint density at radius 1 is 1.14 bits per heavy atom. The predicted molar refractivity (Wildman–Crippen MR) is 130 cm³/mol.